The monoisotopic (exact) mass is 494 g/mol. The first kappa shape index (κ1) is 23.9. The Bertz CT molecular complexity index is 1320. The molecule has 1 N–H and O–H groups in total. The number of aliphatic carboxylic acids is 1. The maximum absolute atomic E-state index is 12.2. The number of carbonyl (C=O) groups is 1. The van der Waals surface area contributed by atoms with E-state index in [4.69, 9.17) is 33.0 Å². The molecule has 5 nitrogen and oxygen atoms in total. The third kappa shape index (κ3) is 5.44. The number of ether oxygens (including phenoxy) is 1. The summed E-state index contributed by atoms with van der Waals surface area (Å²) >= 11 is 12.3. The van der Waals surface area contributed by atoms with Crippen LogP contribution in [0.4, 0.5) is 0 Å². The van der Waals surface area contributed by atoms with Gasteiger partial charge in [0.25, 0.3) is 0 Å². The van der Waals surface area contributed by atoms with Crippen molar-refractivity contribution in [3.63, 3.8) is 0 Å². The van der Waals surface area contributed by atoms with Crippen molar-refractivity contribution < 1.29 is 14.6 Å². The Kier molecular flexibility index (Phi) is 7.25. The largest absolute Gasteiger partial charge is 0.497 e. The van der Waals surface area contributed by atoms with Crippen LogP contribution in [0.1, 0.15) is 28.3 Å². The van der Waals surface area contributed by atoms with Gasteiger partial charge in [0.15, 0.2) is 0 Å². The number of carboxylic acid groups (broad SMARTS) is 1. The molecule has 0 amide bonds. The van der Waals surface area contributed by atoms with Crippen LogP contribution in [0.15, 0.2) is 72.8 Å². The summed E-state index contributed by atoms with van der Waals surface area (Å²) in [6.45, 7) is 2.50. The second-order valence-corrected chi connectivity index (χ2v) is 8.98. The number of carboxylic acids is 1. The molecule has 0 spiro atoms. The van der Waals surface area contributed by atoms with Crippen LogP contribution in [0.5, 0.6) is 5.75 Å². The Balaban J connectivity index is 1.72. The van der Waals surface area contributed by atoms with Crippen molar-refractivity contribution in [2.75, 3.05) is 7.11 Å². The van der Waals surface area contributed by atoms with E-state index in [0.717, 1.165) is 22.4 Å². The third-order valence-electron chi connectivity index (χ3n) is 5.70. The predicted octanol–water partition coefficient (Wildman–Crippen LogP) is 6.63. The van der Waals surface area contributed by atoms with Gasteiger partial charge in [-0.15, -0.1) is 0 Å². The van der Waals surface area contributed by atoms with Crippen molar-refractivity contribution in [1.82, 2.24) is 9.78 Å². The second kappa shape index (κ2) is 10.3. The zero-order chi connectivity index (χ0) is 24.2. The summed E-state index contributed by atoms with van der Waals surface area (Å²) in [5, 5.41) is 15.7. The van der Waals surface area contributed by atoms with E-state index in [2.05, 4.69) is 0 Å². The lowest BCUT2D eigenvalue weighted by Crippen LogP contribution is -2.15. The number of aryl methyl sites for hydroxylation is 1. The van der Waals surface area contributed by atoms with E-state index in [1.807, 2.05) is 54.1 Å². The fraction of sp³-hybridized carbons (Fsp3) is 0.185. The predicted molar refractivity (Wildman–Crippen MR) is 135 cm³/mol. The first-order chi connectivity index (χ1) is 16.3. The highest BCUT2D eigenvalue weighted by Crippen LogP contribution is 2.29. The van der Waals surface area contributed by atoms with E-state index in [9.17, 15) is 9.90 Å². The van der Waals surface area contributed by atoms with Gasteiger partial charge in [0.1, 0.15) is 5.75 Å². The normalized spacial score (nSPS) is 11.9. The molecule has 0 saturated carbocycles. The third-order valence-corrected chi connectivity index (χ3v) is 6.44. The average Bonchev–Trinajstić information content (AvgIpc) is 3.22. The van der Waals surface area contributed by atoms with E-state index < -0.39 is 11.9 Å². The van der Waals surface area contributed by atoms with Crippen molar-refractivity contribution >= 4 is 29.2 Å². The molecular weight excluding hydrogens is 471 g/mol. The SMILES string of the molecule is COc1cccc(C(Cc2cc(-c3ccc(C)cc3)n(Cc3ccc(Cl)c(Cl)c3)n2)C(=O)O)c1. The number of halogens is 2. The number of nitrogens with zero attached hydrogens (tertiary/aromatic N) is 2. The minimum Gasteiger partial charge on any atom is -0.497 e. The summed E-state index contributed by atoms with van der Waals surface area (Å²) in [6, 6.07) is 22.8. The number of benzene rings is 3. The standard InChI is InChI=1S/C27H24Cl2N2O3/c1-17-6-9-19(10-7-17)26-15-21(30-31(26)16-18-8-11-24(28)25(29)12-18)14-23(27(32)33)20-4-3-5-22(13-20)34-2/h3-13,15,23H,14,16H2,1-2H3,(H,32,33). The van der Waals surface area contributed by atoms with Crippen LogP contribution < -0.4 is 4.74 Å². The van der Waals surface area contributed by atoms with Crippen molar-refractivity contribution in [2.45, 2.75) is 25.8 Å². The topological polar surface area (TPSA) is 64.4 Å². The van der Waals surface area contributed by atoms with Gasteiger partial charge in [0.05, 0.1) is 41.0 Å². The molecule has 7 heteroatoms. The molecular formula is C27H24Cl2N2O3. The molecule has 0 aliphatic carbocycles. The highest BCUT2D eigenvalue weighted by molar-refractivity contribution is 6.42. The first-order valence-electron chi connectivity index (χ1n) is 10.8. The van der Waals surface area contributed by atoms with Crippen LogP contribution in [0.3, 0.4) is 0 Å². The summed E-state index contributed by atoms with van der Waals surface area (Å²) in [5.74, 6) is -1.05. The molecule has 4 rings (SSSR count). The smallest absolute Gasteiger partial charge is 0.311 e. The van der Waals surface area contributed by atoms with Gasteiger partial charge in [-0.3, -0.25) is 9.48 Å². The zero-order valence-corrected chi connectivity index (χ0v) is 20.3. The summed E-state index contributed by atoms with van der Waals surface area (Å²) < 4.78 is 7.16. The van der Waals surface area contributed by atoms with Gasteiger partial charge < -0.3 is 9.84 Å². The molecule has 1 aromatic heterocycles. The molecule has 34 heavy (non-hydrogen) atoms. The lowest BCUT2D eigenvalue weighted by atomic mass is 9.94. The Hall–Kier alpha value is -3.28. The molecule has 1 atom stereocenters. The molecule has 1 heterocycles. The highest BCUT2D eigenvalue weighted by atomic mass is 35.5. The van der Waals surface area contributed by atoms with E-state index in [0.29, 0.717) is 33.6 Å². The molecule has 4 aromatic rings. The molecule has 0 aliphatic heterocycles. The Morgan fingerprint density at radius 3 is 2.47 bits per heavy atom. The number of methoxy groups -OCH3 is 1. The summed E-state index contributed by atoms with van der Waals surface area (Å²) in [5.41, 5.74) is 5.35. The maximum Gasteiger partial charge on any atom is 0.311 e. The minimum absolute atomic E-state index is 0.246. The molecule has 0 aliphatic rings. The average molecular weight is 495 g/mol. The quantitative estimate of drug-likeness (QED) is 0.298. The lowest BCUT2D eigenvalue weighted by molar-refractivity contribution is -0.138. The lowest BCUT2D eigenvalue weighted by Gasteiger charge is -2.12. The summed E-state index contributed by atoms with van der Waals surface area (Å²) in [7, 11) is 1.56. The number of hydrogen-bond donors (Lipinski definition) is 1. The van der Waals surface area contributed by atoms with Crippen LogP contribution in [-0.4, -0.2) is 28.0 Å². The van der Waals surface area contributed by atoms with Gasteiger partial charge >= 0.3 is 5.97 Å². The molecule has 174 valence electrons. The molecule has 0 saturated heterocycles. The highest BCUT2D eigenvalue weighted by Gasteiger charge is 2.23. The second-order valence-electron chi connectivity index (χ2n) is 8.16. The van der Waals surface area contributed by atoms with Gasteiger partial charge in [-0.25, -0.2) is 0 Å². The van der Waals surface area contributed by atoms with Gasteiger partial charge in [-0.2, -0.15) is 5.10 Å². The van der Waals surface area contributed by atoms with E-state index in [1.165, 1.54) is 0 Å². The van der Waals surface area contributed by atoms with Gasteiger partial charge in [0.2, 0.25) is 0 Å². The van der Waals surface area contributed by atoms with Crippen molar-refractivity contribution in [3.05, 3.63) is 105 Å². The fourth-order valence-corrected chi connectivity index (χ4v) is 4.19. The first-order valence-corrected chi connectivity index (χ1v) is 11.5. The molecule has 0 bridgehead atoms. The van der Waals surface area contributed by atoms with Crippen LogP contribution in [-0.2, 0) is 17.8 Å². The Morgan fingerprint density at radius 1 is 1.03 bits per heavy atom. The van der Waals surface area contributed by atoms with Gasteiger partial charge in [-0.1, -0.05) is 71.2 Å². The van der Waals surface area contributed by atoms with Crippen molar-refractivity contribution in [2.24, 2.45) is 0 Å². The Morgan fingerprint density at radius 2 is 1.79 bits per heavy atom. The number of rotatable bonds is 8. The molecule has 0 radical (unpaired) electrons. The Labute approximate surface area is 208 Å². The van der Waals surface area contributed by atoms with E-state index >= 15 is 0 Å². The van der Waals surface area contributed by atoms with Crippen molar-refractivity contribution in [3.8, 4) is 17.0 Å². The zero-order valence-electron chi connectivity index (χ0n) is 18.8. The molecule has 3 aromatic carbocycles. The molecule has 1 unspecified atom stereocenters. The maximum atomic E-state index is 12.2. The number of hydrogen-bond acceptors (Lipinski definition) is 3. The van der Waals surface area contributed by atoms with Crippen LogP contribution in [0.25, 0.3) is 11.3 Å². The van der Waals surface area contributed by atoms with Crippen LogP contribution >= 0.6 is 23.2 Å². The number of aromatic nitrogens is 2. The van der Waals surface area contributed by atoms with E-state index in [1.54, 1.807) is 37.4 Å². The molecule has 0 fully saturated rings. The van der Waals surface area contributed by atoms with Crippen LogP contribution in [0, 0.1) is 6.92 Å². The summed E-state index contributed by atoms with van der Waals surface area (Å²) in [6.07, 6.45) is 0.246. The van der Waals surface area contributed by atoms with Crippen LogP contribution in [0.2, 0.25) is 10.0 Å². The minimum atomic E-state index is -0.913. The fourth-order valence-electron chi connectivity index (χ4n) is 3.87. The summed E-state index contributed by atoms with van der Waals surface area (Å²) in [4.78, 5) is 12.2. The van der Waals surface area contributed by atoms with E-state index in [-0.39, 0.29) is 6.42 Å². The van der Waals surface area contributed by atoms with Crippen molar-refractivity contribution in [1.29, 1.82) is 0 Å². The van der Waals surface area contributed by atoms with Gasteiger partial charge in [0, 0.05) is 6.42 Å². The van der Waals surface area contributed by atoms with Gasteiger partial charge in [-0.05, 0) is 53.9 Å².